The fraction of sp³-hybridized carbons (Fsp3) is 0. The molecular formula is C15H9N4. The van der Waals surface area contributed by atoms with Crippen LogP contribution < -0.4 is 0 Å². The molecule has 0 amide bonds. The Morgan fingerprint density at radius 2 is 1.89 bits per heavy atom. The van der Waals surface area contributed by atoms with Crippen LogP contribution in [0.15, 0.2) is 48.5 Å². The molecule has 0 fully saturated rings. The van der Waals surface area contributed by atoms with Crippen molar-refractivity contribution in [3.05, 3.63) is 54.6 Å². The third kappa shape index (κ3) is 1.65. The van der Waals surface area contributed by atoms with E-state index in [0.717, 1.165) is 33.2 Å². The minimum atomic E-state index is 0.729. The Morgan fingerprint density at radius 1 is 0.947 bits per heavy atom. The fourth-order valence-electron chi connectivity index (χ4n) is 2.15. The summed E-state index contributed by atoms with van der Waals surface area (Å²) in [6.45, 7) is 0. The van der Waals surface area contributed by atoms with Crippen molar-refractivity contribution in [1.29, 1.82) is 0 Å². The number of nitrogens with zero attached hydrogens (tertiary/aromatic N) is 3. The second kappa shape index (κ2) is 3.88. The number of rotatable bonds is 1. The average Bonchev–Trinajstić information content (AvgIpc) is 2.94. The van der Waals surface area contributed by atoms with Crippen molar-refractivity contribution >= 4 is 21.9 Å². The van der Waals surface area contributed by atoms with E-state index in [1.54, 1.807) is 0 Å². The predicted octanol–water partition coefficient (Wildman–Crippen LogP) is 2.97. The molecule has 0 aliphatic heterocycles. The molecule has 0 spiro atoms. The van der Waals surface area contributed by atoms with Crippen LogP contribution in [0.4, 0.5) is 0 Å². The standard InChI is InChI=1S/C15H9N4/c1-2-4-12-10(3-1)5-7-13(16-12)11-6-8-14-15(9-11)18-19-17-14/h1-8H,(H,17,18,19). The zero-order valence-electron chi connectivity index (χ0n) is 9.96. The van der Waals surface area contributed by atoms with Crippen LogP contribution in [0.3, 0.4) is 0 Å². The van der Waals surface area contributed by atoms with E-state index in [9.17, 15) is 0 Å². The first-order valence-corrected chi connectivity index (χ1v) is 5.99. The maximum absolute atomic E-state index is 4.65. The lowest BCUT2D eigenvalue weighted by Crippen LogP contribution is -1.85. The van der Waals surface area contributed by atoms with Crippen LogP contribution >= 0.6 is 0 Å². The van der Waals surface area contributed by atoms with Gasteiger partial charge >= 0.3 is 0 Å². The largest absolute Gasteiger partial charge is 0.258 e. The molecule has 1 N–H and O–H groups in total. The van der Waals surface area contributed by atoms with Crippen molar-refractivity contribution in [2.45, 2.75) is 0 Å². The summed E-state index contributed by atoms with van der Waals surface area (Å²) in [5.41, 5.74) is 4.40. The van der Waals surface area contributed by atoms with Crippen molar-refractivity contribution in [1.82, 2.24) is 20.4 Å². The summed E-state index contributed by atoms with van der Waals surface area (Å²) < 4.78 is 0. The number of aromatic nitrogens is 4. The Balaban J connectivity index is 1.92. The number of benzene rings is 2. The van der Waals surface area contributed by atoms with E-state index >= 15 is 0 Å². The maximum atomic E-state index is 4.65. The van der Waals surface area contributed by atoms with Gasteiger partial charge in [0.15, 0.2) is 0 Å². The van der Waals surface area contributed by atoms with Gasteiger partial charge in [-0.2, -0.15) is 0 Å². The Kier molecular flexibility index (Phi) is 2.08. The summed E-state index contributed by atoms with van der Waals surface area (Å²) in [5, 5.41) is 11.7. The highest BCUT2D eigenvalue weighted by molar-refractivity contribution is 5.83. The highest BCUT2D eigenvalue weighted by Gasteiger charge is 2.04. The summed E-state index contributed by atoms with van der Waals surface area (Å²) in [5.74, 6) is 0. The van der Waals surface area contributed by atoms with Gasteiger partial charge in [-0.25, -0.2) is 4.98 Å². The van der Waals surface area contributed by atoms with Gasteiger partial charge in [0.05, 0.1) is 16.7 Å². The molecule has 0 bridgehead atoms. The molecule has 2 aromatic heterocycles. The van der Waals surface area contributed by atoms with Gasteiger partial charge < -0.3 is 0 Å². The minimum absolute atomic E-state index is 0.729. The van der Waals surface area contributed by atoms with E-state index in [1.807, 2.05) is 36.4 Å². The van der Waals surface area contributed by atoms with Gasteiger partial charge in [0.2, 0.25) is 0 Å². The van der Waals surface area contributed by atoms with Crippen LogP contribution in [0.5, 0.6) is 0 Å². The molecule has 2 aromatic carbocycles. The van der Waals surface area contributed by atoms with E-state index in [2.05, 4.69) is 38.6 Å². The van der Waals surface area contributed by atoms with Gasteiger partial charge in [-0.05, 0) is 24.3 Å². The molecule has 0 atom stereocenters. The topological polar surface area (TPSA) is 54.5 Å². The summed E-state index contributed by atoms with van der Waals surface area (Å²) >= 11 is 0. The van der Waals surface area contributed by atoms with Crippen molar-refractivity contribution < 1.29 is 0 Å². The summed E-state index contributed by atoms with van der Waals surface area (Å²) in [4.78, 5) is 4.65. The van der Waals surface area contributed by atoms with Gasteiger partial charge in [0, 0.05) is 17.0 Å². The number of aromatic amines is 1. The lowest BCUT2D eigenvalue weighted by molar-refractivity contribution is 0.959. The third-order valence-corrected chi connectivity index (χ3v) is 3.12. The number of hydrogen-bond donors (Lipinski definition) is 1. The fourth-order valence-corrected chi connectivity index (χ4v) is 2.15. The third-order valence-electron chi connectivity index (χ3n) is 3.12. The Hall–Kier alpha value is -2.75. The van der Waals surface area contributed by atoms with Crippen LogP contribution in [-0.4, -0.2) is 20.4 Å². The van der Waals surface area contributed by atoms with Crippen LogP contribution in [-0.2, 0) is 0 Å². The second-order valence-corrected chi connectivity index (χ2v) is 4.34. The van der Waals surface area contributed by atoms with Crippen molar-refractivity contribution in [2.24, 2.45) is 0 Å². The quantitative estimate of drug-likeness (QED) is 0.561. The molecule has 0 unspecified atom stereocenters. The first-order valence-electron chi connectivity index (χ1n) is 5.99. The van der Waals surface area contributed by atoms with Gasteiger partial charge in [-0.1, -0.05) is 29.5 Å². The zero-order chi connectivity index (χ0) is 12.7. The first kappa shape index (κ1) is 10.2. The number of pyridine rings is 1. The van der Waals surface area contributed by atoms with Crippen LogP contribution in [0.2, 0.25) is 0 Å². The minimum Gasteiger partial charge on any atom is -0.258 e. The van der Waals surface area contributed by atoms with E-state index < -0.39 is 0 Å². The van der Waals surface area contributed by atoms with Gasteiger partial charge in [-0.15, -0.1) is 5.10 Å². The molecule has 4 rings (SSSR count). The average molecular weight is 245 g/mol. The highest BCUT2D eigenvalue weighted by Crippen LogP contribution is 2.22. The molecule has 0 saturated heterocycles. The Morgan fingerprint density at radius 3 is 2.89 bits per heavy atom. The summed E-state index contributed by atoms with van der Waals surface area (Å²) in [6.07, 6.45) is 0. The van der Waals surface area contributed by atoms with Crippen LogP contribution in [0.25, 0.3) is 33.2 Å². The molecule has 1 radical (unpaired) electrons. The molecule has 4 heteroatoms. The lowest BCUT2D eigenvalue weighted by atomic mass is 10.1. The smallest absolute Gasteiger partial charge is 0.121 e. The van der Waals surface area contributed by atoms with E-state index in [1.165, 1.54) is 0 Å². The van der Waals surface area contributed by atoms with Crippen LogP contribution in [0, 0.1) is 6.07 Å². The normalized spacial score (nSPS) is 11.2. The highest BCUT2D eigenvalue weighted by atomic mass is 15.3. The van der Waals surface area contributed by atoms with Gasteiger partial charge in [-0.3, -0.25) is 5.10 Å². The lowest BCUT2D eigenvalue weighted by Gasteiger charge is -2.02. The van der Waals surface area contributed by atoms with Crippen molar-refractivity contribution in [3.8, 4) is 11.3 Å². The maximum Gasteiger partial charge on any atom is 0.121 e. The second-order valence-electron chi connectivity index (χ2n) is 4.34. The number of hydrogen-bond acceptors (Lipinski definition) is 3. The van der Waals surface area contributed by atoms with E-state index in [0.29, 0.717) is 0 Å². The number of H-pyrrole nitrogens is 1. The number of para-hydroxylation sites is 1. The molecule has 2 heterocycles. The SMILES string of the molecule is [c]1c(-c2ccc3ccccc3n2)ccc2[nH]nnc12. The van der Waals surface area contributed by atoms with E-state index in [4.69, 9.17) is 0 Å². The summed E-state index contributed by atoms with van der Waals surface area (Å²) in [6, 6.07) is 19.3. The summed E-state index contributed by atoms with van der Waals surface area (Å²) in [7, 11) is 0. The van der Waals surface area contributed by atoms with Gasteiger partial charge in [0.25, 0.3) is 0 Å². The van der Waals surface area contributed by atoms with Crippen molar-refractivity contribution in [3.63, 3.8) is 0 Å². The predicted molar refractivity (Wildman–Crippen MR) is 73.5 cm³/mol. The van der Waals surface area contributed by atoms with Crippen LogP contribution in [0.1, 0.15) is 0 Å². The molecule has 4 aromatic rings. The molecular weight excluding hydrogens is 236 g/mol. The monoisotopic (exact) mass is 245 g/mol. The number of nitrogens with one attached hydrogen (secondary N) is 1. The Bertz CT molecular complexity index is 879. The molecule has 0 aliphatic rings. The molecule has 4 nitrogen and oxygen atoms in total. The first-order chi connectivity index (χ1) is 9.40. The molecule has 89 valence electrons. The molecule has 0 aliphatic carbocycles. The zero-order valence-corrected chi connectivity index (χ0v) is 9.96. The molecule has 19 heavy (non-hydrogen) atoms. The van der Waals surface area contributed by atoms with E-state index in [-0.39, 0.29) is 0 Å². The Labute approximate surface area is 109 Å². The molecule has 0 saturated carbocycles. The van der Waals surface area contributed by atoms with Gasteiger partial charge in [0.1, 0.15) is 5.52 Å². The number of fused-ring (bicyclic) bond motifs is 2. The van der Waals surface area contributed by atoms with Crippen molar-refractivity contribution in [2.75, 3.05) is 0 Å².